The number of pyridine rings is 1. The predicted molar refractivity (Wildman–Crippen MR) is 79.7 cm³/mol. The van der Waals surface area contributed by atoms with Gasteiger partial charge < -0.3 is 11.1 Å². The van der Waals surface area contributed by atoms with Crippen LogP contribution >= 0.6 is 0 Å². The fraction of sp³-hybridized carbons (Fsp3) is 0.250. The van der Waals surface area contributed by atoms with E-state index in [9.17, 15) is 4.79 Å². The molecular formula is C16H17N3O. The highest BCUT2D eigenvalue weighted by Gasteiger charge is 2.16. The molecule has 0 unspecified atom stereocenters. The summed E-state index contributed by atoms with van der Waals surface area (Å²) in [5, 5.41) is 2.98. The number of benzene rings is 1. The molecule has 0 spiro atoms. The zero-order chi connectivity index (χ0) is 13.9. The van der Waals surface area contributed by atoms with Crippen LogP contribution in [-0.2, 0) is 12.8 Å². The molecule has 0 radical (unpaired) electrons. The van der Waals surface area contributed by atoms with E-state index in [0.29, 0.717) is 11.3 Å². The largest absolute Gasteiger partial charge is 0.397 e. The van der Waals surface area contributed by atoms with Crippen LogP contribution in [0.4, 0.5) is 11.4 Å². The molecule has 1 aliphatic carbocycles. The third kappa shape index (κ3) is 2.37. The topological polar surface area (TPSA) is 68.0 Å². The number of rotatable bonds is 2. The summed E-state index contributed by atoms with van der Waals surface area (Å²) < 4.78 is 0. The highest BCUT2D eigenvalue weighted by Crippen LogP contribution is 2.28. The molecule has 2 aromatic rings. The number of aryl methyl sites for hydroxylation is 1. The molecule has 0 atom stereocenters. The van der Waals surface area contributed by atoms with Gasteiger partial charge in [-0.2, -0.15) is 0 Å². The van der Waals surface area contributed by atoms with E-state index in [-0.39, 0.29) is 5.91 Å². The van der Waals surface area contributed by atoms with E-state index in [0.717, 1.165) is 18.5 Å². The summed E-state index contributed by atoms with van der Waals surface area (Å²) in [4.78, 5) is 16.2. The van der Waals surface area contributed by atoms with E-state index in [2.05, 4.69) is 16.4 Å². The number of carbonyl (C=O) groups is 1. The molecule has 102 valence electrons. The fourth-order valence-corrected chi connectivity index (χ4v) is 2.70. The number of nitrogens with zero attached hydrogens (tertiary/aromatic N) is 1. The first-order valence-electron chi connectivity index (χ1n) is 6.87. The molecular weight excluding hydrogens is 250 g/mol. The minimum Gasteiger partial charge on any atom is -0.397 e. The summed E-state index contributed by atoms with van der Waals surface area (Å²) in [6, 6.07) is 7.74. The van der Waals surface area contributed by atoms with Gasteiger partial charge in [-0.3, -0.25) is 9.78 Å². The number of amides is 1. The van der Waals surface area contributed by atoms with Crippen molar-refractivity contribution in [3.8, 4) is 0 Å². The Morgan fingerprint density at radius 2 is 2.05 bits per heavy atom. The normalized spacial score (nSPS) is 13.6. The molecule has 1 aliphatic rings. The van der Waals surface area contributed by atoms with Gasteiger partial charge in [0.25, 0.3) is 5.91 Å². The lowest BCUT2D eigenvalue weighted by molar-refractivity contribution is 0.102. The lowest BCUT2D eigenvalue weighted by Gasteiger charge is -2.19. The molecule has 20 heavy (non-hydrogen) atoms. The van der Waals surface area contributed by atoms with E-state index < -0.39 is 0 Å². The van der Waals surface area contributed by atoms with Crippen molar-refractivity contribution in [2.45, 2.75) is 25.7 Å². The number of carbonyl (C=O) groups excluding carboxylic acids is 1. The highest BCUT2D eigenvalue weighted by atomic mass is 16.1. The number of hydrogen-bond donors (Lipinski definition) is 2. The van der Waals surface area contributed by atoms with Gasteiger partial charge in [0.05, 0.1) is 17.4 Å². The van der Waals surface area contributed by atoms with Gasteiger partial charge in [0.15, 0.2) is 0 Å². The number of fused-ring (bicyclic) bond motifs is 1. The number of hydrogen-bond acceptors (Lipinski definition) is 3. The van der Waals surface area contributed by atoms with Crippen LogP contribution in [0.1, 0.15) is 34.3 Å². The maximum absolute atomic E-state index is 12.3. The molecule has 0 saturated carbocycles. The van der Waals surface area contributed by atoms with Gasteiger partial charge in [0.1, 0.15) is 0 Å². The molecule has 1 aromatic heterocycles. The Labute approximate surface area is 118 Å². The number of nitrogens with two attached hydrogens (primary N) is 1. The molecule has 4 heteroatoms. The zero-order valence-corrected chi connectivity index (χ0v) is 11.2. The summed E-state index contributed by atoms with van der Waals surface area (Å²) in [5.41, 5.74) is 10.2. The monoisotopic (exact) mass is 267 g/mol. The molecule has 3 N–H and O–H groups in total. The van der Waals surface area contributed by atoms with E-state index in [1.54, 1.807) is 12.3 Å². The molecule has 0 saturated heterocycles. The van der Waals surface area contributed by atoms with Gasteiger partial charge in [0.2, 0.25) is 0 Å². The van der Waals surface area contributed by atoms with Crippen molar-refractivity contribution in [3.63, 3.8) is 0 Å². The highest BCUT2D eigenvalue weighted by molar-refractivity contribution is 6.07. The Balaban J connectivity index is 1.89. The maximum Gasteiger partial charge on any atom is 0.257 e. The summed E-state index contributed by atoms with van der Waals surface area (Å²) in [6.45, 7) is 0. The number of anilines is 2. The summed E-state index contributed by atoms with van der Waals surface area (Å²) in [7, 11) is 0. The Kier molecular flexibility index (Phi) is 3.37. The Hall–Kier alpha value is -2.36. The van der Waals surface area contributed by atoms with Crippen LogP contribution in [0.25, 0.3) is 0 Å². The third-order valence-electron chi connectivity index (χ3n) is 3.74. The van der Waals surface area contributed by atoms with Gasteiger partial charge in [-0.1, -0.05) is 12.1 Å². The van der Waals surface area contributed by atoms with Crippen molar-refractivity contribution >= 4 is 17.3 Å². The van der Waals surface area contributed by atoms with Gasteiger partial charge >= 0.3 is 0 Å². The summed E-state index contributed by atoms with van der Waals surface area (Å²) >= 11 is 0. The minimum absolute atomic E-state index is 0.177. The minimum atomic E-state index is -0.177. The predicted octanol–water partition coefficient (Wildman–Crippen LogP) is 2.79. The van der Waals surface area contributed by atoms with Crippen molar-refractivity contribution in [3.05, 3.63) is 53.3 Å². The molecule has 4 nitrogen and oxygen atoms in total. The van der Waals surface area contributed by atoms with Gasteiger partial charge in [0, 0.05) is 11.9 Å². The first kappa shape index (κ1) is 12.7. The van der Waals surface area contributed by atoms with Crippen molar-refractivity contribution in [1.29, 1.82) is 0 Å². The SMILES string of the molecule is Nc1cnccc1C(=O)Nc1cccc2c1CCCC2. The molecule has 1 aromatic carbocycles. The second-order valence-corrected chi connectivity index (χ2v) is 5.07. The van der Waals surface area contributed by atoms with E-state index in [1.807, 2.05) is 12.1 Å². The smallest absolute Gasteiger partial charge is 0.257 e. The van der Waals surface area contributed by atoms with Gasteiger partial charge in [-0.15, -0.1) is 0 Å². The van der Waals surface area contributed by atoms with Crippen LogP contribution in [0.2, 0.25) is 0 Å². The quantitative estimate of drug-likeness (QED) is 0.879. The van der Waals surface area contributed by atoms with E-state index >= 15 is 0 Å². The third-order valence-corrected chi connectivity index (χ3v) is 3.74. The van der Waals surface area contributed by atoms with Crippen molar-refractivity contribution < 1.29 is 4.79 Å². The number of nitrogens with one attached hydrogen (secondary N) is 1. The van der Waals surface area contributed by atoms with E-state index in [1.165, 1.54) is 30.2 Å². The van der Waals surface area contributed by atoms with Crippen LogP contribution < -0.4 is 11.1 Å². The average Bonchev–Trinajstić information content (AvgIpc) is 2.48. The van der Waals surface area contributed by atoms with E-state index in [4.69, 9.17) is 5.73 Å². The van der Waals surface area contributed by atoms with Crippen LogP contribution in [0, 0.1) is 0 Å². The second kappa shape index (κ2) is 5.33. The summed E-state index contributed by atoms with van der Waals surface area (Å²) in [6.07, 6.45) is 7.59. The van der Waals surface area contributed by atoms with Crippen molar-refractivity contribution in [1.82, 2.24) is 4.98 Å². The van der Waals surface area contributed by atoms with Crippen molar-refractivity contribution in [2.24, 2.45) is 0 Å². The summed E-state index contributed by atoms with van der Waals surface area (Å²) in [5.74, 6) is -0.177. The molecule has 0 fully saturated rings. The number of aromatic nitrogens is 1. The van der Waals surface area contributed by atoms with Crippen LogP contribution in [0.15, 0.2) is 36.7 Å². The molecule has 1 heterocycles. The first-order valence-corrected chi connectivity index (χ1v) is 6.87. The van der Waals surface area contributed by atoms with Gasteiger partial charge in [-0.25, -0.2) is 0 Å². The standard InChI is InChI=1S/C16H17N3O/c17-14-10-18-9-8-13(14)16(20)19-15-7-3-5-11-4-1-2-6-12(11)15/h3,5,7-10H,1-2,4,6,17H2,(H,19,20). The van der Waals surface area contributed by atoms with Gasteiger partial charge in [-0.05, 0) is 48.9 Å². The zero-order valence-electron chi connectivity index (χ0n) is 11.2. The second-order valence-electron chi connectivity index (χ2n) is 5.07. The lowest BCUT2D eigenvalue weighted by Crippen LogP contribution is -2.16. The Bertz CT molecular complexity index is 652. The molecule has 0 aliphatic heterocycles. The molecule has 0 bridgehead atoms. The maximum atomic E-state index is 12.3. The molecule has 1 amide bonds. The van der Waals surface area contributed by atoms with Crippen LogP contribution in [0.5, 0.6) is 0 Å². The van der Waals surface area contributed by atoms with Crippen molar-refractivity contribution in [2.75, 3.05) is 11.1 Å². The molecule has 3 rings (SSSR count). The Morgan fingerprint density at radius 1 is 1.20 bits per heavy atom. The average molecular weight is 267 g/mol. The van der Waals surface area contributed by atoms with Crippen LogP contribution in [0.3, 0.4) is 0 Å². The lowest BCUT2D eigenvalue weighted by atomic mass is 9.90. The first-order chi connectivity index (χ1) is 9.75. The number of nitrogen functional groups attached to an aromatic ring is 1. The Morgan fingerprint density at radius 3 is 2.90 bits per heavy atom. The van der Waals surface area contributed by atoms with Crippen LogP contribution in [-0.4, -0.2) is 10.9 Å². The fourth-order valence-electron chi connectivity index (χ4n) is 2.70.